The summed E-state index contributed by atoms with van der Waals surface area (Å²) in [7, 11) is 0. The summed E-state index contributed by atoms with van der Waals surface area (Å²) in [6.45, 7) is 1.90. The zero-order chi connectivity index (χ0) is 21.1. The molecule has 156 valence electrons. The average Bonchev–Trinajstić information content (AvgIpc) is 2.77. The van der Waals surface area contributed by atoms with Crippen molar-refractivity contribution < 1.29 is 19.9 Å². The van der Waals surface area contributed by atoms with Crippen LogP contribution in [0.1, 0.15) is 38.2 Å². The fourth-order valence-corrected chi connectivity index (χ4v) is 2.84. The van der Waals surface area contributed by atoms with Crippen molar-refractivity contribution in [2.45, 2.75) is 39.2 Å². The van der Waals surface area contributed by atoms with Gasteiger partial charge in [0.15, 0.2) is 0 Å². The number of hydrazine groups is 1. The van der Waals surface area contributed by atoms with Crippen molar-refractivity contribution in [1.82, 2.24) is 20.5 Å². The molecule has 0 aliphatic rings. The number of aliphatic hydroxyl groups is 1. The molecule has 0 aliphatic heterocycles. The first-order chi connectivity index (χ1) is 14.1. The smallest absolute Gasteiger partial charge is 0.243 e. The molecule has 1 heterocycles. The molecule has 9 nitrogen and oxygen atoms in total. The van der Waals surface area contributed by atoms with Gasteiger partial charge >= 0.3 is 0 Å². The van der Waals surface area contributed by atoms with E-state index < -0.39 is 5.92 Å². The molecule has 1 aromatic carbocycles. The molecule has 2 aromatic rings. The van der Waals surface area contributed by atoms with Gasteiger partial charge in [0.05, 0.1) is 24.8 Å². The Morgan fingerprint density at radius 1 is 1.31 bits per heavy atom. The molecule has 0 fully saturated rings. The first kappa shape index (κ1) is 22.3. The molecule has 0 spiro atoms. The summed E-state index contributed by atoms with van der Waals surface area (Å²) >= 11 is 0. The van der Waals surface area contributed by atoms with E-state index in [4.69, 9.17) is 0 Å². The van der Waals surface area contributed by atoms with Crippen molar-refractivity contribution in [3.63, 3.8) is 0 Å². The molecule has 9 heteroatoms. The van der Waals surface area contributed by atoms with Crippen molar-refractivity contribution in [2.75, 3.05) is 12.0 Å². The number of carbonyl (C=O) groups excluding carboxylic acids is 2. The quantitative estimate of drug-likeness (QED) is 0.186. The summed E-state index contributed by atoms with van der Waals surface area (Å²) in [6.07, 6.45) is 5.15. The summed E-state index contributed by atoms with van der Waals surface area (Å²) in [5.41, 5.74) is 7.45. The Morgan fingerprint density at radius 3 is 2.86 bits per heavy atom. The number of hydrogen-bond donors (Lipinski definition) is 4. The number of hydrogen-bond acceptors (Lipinski definition) is 7. The van der Waals surface area contributed by atoms with Gasteiger partial charge in [-0.1, -0.05) is 44.4 Å². The molecule has 1 unspecified atom stereocenters. The predicted octanol–water partition coefficient (Wildman–Crippen LogP) is 2.12. The van der Waals surface area contributed by atoms with E-state index in [1.54, 1.807) is 12.3 Å². The van der Waals surface area contributed by atoms with Gasteiger partial charge in [0, 0.05) is 11.8 Å². The minimum Gasteiger partial charge on any atom is -0.392 e. The molecule has 0 radical (unpaired) electrons. The van der Waals surface area contributed by atoms with Crippen LogP contribution in [0.5, 0.6) is 0 Å². The zero-order valence-corrected chi connectivity index (χ0v) is 16.4. The summed E-state index contributed by atoms with van der Waals surface area (Å²) in [5.74, 6) is -0.722. The number of rotatable bonds is 12. The Kier molecular flexibility index (Phi) is 9.00. The SMILES string of the molecule is CCCCCC(CN(O)C=O)C(=O)NNc1nccc(-c2cccc(CO)c2)n1. The molecule has 1 atom stereocenters. The minimum absolute atomic E-state index is 0.0673. The maximum absolute atomic E-state index is 12.5. The molecule has 0 bridgehead atoms. The van der Waals surface area contributed by atoms with Crippen LogP contribution in [0.15, 0.2) is 36.5 Å². The Balaban J connectivity index is 2.02. The van der Waals surface area contributed by atoms with Gasteiger partial charge in [0.2, 0.25) is 18.3 Å². The van der Waals surface area contributed by atoms with Gasteiger partial charge in [0.1, 0.15) is 0 Å². The molecule has 2 amide bonds. The van der Waals surface area contributed by atoms with Crippen LogP contribution < -0.4 is 10.9 Å². The van der Waals surface area contributed by atoms with Crippen LogP contribution >= 0.6 is 0 Å². The van der Waals surface area contributed by atoms with Gasteiger partial charge in [0.25, 0.3) is 0 Å². The molecule has 0 saturated heterocycles. The third-order valence-electron chi connectivity index (χ3n) is 4.41. The first-order valence-electron chi connectivity index (χ1n) is 9.57. The Hall–Kier alpha value is -3.04. The number of nitrogens with zero attached hydrogens (tertiary/aromatic N) is 3. The molecule has 29 heavy (non-hydrogen) atoms. The lowest BCUT2D eigenvalue weighted by atomic mass is 10.0. The van der Waals surface area contributed by atoms with Crippen molar-refractivity contribution >= 4 is 18.3 Å². The van der Waals surface area contributed by atoms with Crippen molar-refractivity contribution in [1.29, 1.82) is 0 Å². The molecule has 0 saturated carbocycles. The highest BCUT2D eigenvalue weighted by Crippen LogP contribution is 2.19. The number of unbranched alkanes of at least 4 members (excludes halogenated alkanes) is 2. The lowest BCUT2D eigenvalue weighted by Gasteiger charge is -2.19. The normalized spacial score (nSPS) is 11.6. The van der Waals surface area contributed by atoms with Crippen LogP contribution in [0.25, 0.3) is 11.3 Å². The zero-order valence-electron chi connectivity index (χ0n) is 16.4. The lowest BCUT2D eigenvalue weighted by molar-refractivity contribution is -0.154. The summed E-state index contributed by atoms with van der Waals surface area (Å²) in [5, 5.41) is 19.2. The number of amides is 2. The van der Waals surface area contributed by atoms with Crippen LogP contribution in [0.2, 0.25) is 0 Å². The van der Waals surface area contributed by atoms with Gasteiger partial charge in [-0.05, 0) is 24.1 Å². The van der Waals surface area contributed by atoms with E-state index in [-0.39, 0.29) is 31.4 Å². The standard InChI is InChI=1S/C20H27N5O4/c1-2-3-4-7-17(12-25(29)14-27)19(28)23-24-20-21-10-9-18(22-20)16-8-5-6-15(11-16)13-26/h5-6,8-11,14,17,26,29H,2-4,7,12-13H2,1H3,(H,23,28)(H,21,22,24). The van der Waals surface area contributed by atoms with Crippen LogP contribution in [-0.2, 0) is 16.2 Å². The lowest BCUT2D eigenvalue weighted by Crippen LogP contribution is -2.40. The maximum atomic E-state index is 12.5. The molecule has 4 N–H and O–H groups in total. The molecule has 0 aliphatic carbocycles. The number of hydroxylamine groups is 2. The highest BCUT2D eigenvalue weighted by molar-refractivity contribution is 5.80. The van der Waals surface area contributed by atoms with E-state index in [0.717, 1.165) is 30.4 Å². The highest BCUT2D eigenvalue weighted by Gasteiger charge is 2.20. The predicted molar refractivity (Wildman–Crippen MR) is 107 cm³/mol. The Bertz CT molecular complexity index is 802. The van der Waals surface area contributed by atoms with E-state index in [1.807, 2.05) is 24.3 Å². The molecular weight excluding hydrogens is 374 g/mol. The van der Waals surface area contributed by atoms with E-state index in [2.05, 4.69) is 27.7 Å². The summed E-state index contributed by atoms with van der Waals surface area (Å²) in [6, 6.07) is 9.05. The highest BCUT2D eigenvalue weighted by atomic mass is 16.5. The van der Waals surface area contributed by atoms with E-state index in [0.29, 0.717) is 17.2 Å². The number of carbonyl (C=O) groups is 2. The first-order valence-corrected chi connectivity index (χ1v) is 9.57. The van der Waals surface area contributed by atoms with Gasteiger partial charge < -0.3 is 5.11 Å². The maximum Gasteiger partial charge on any atom is 0.243 e. The Labute approximate surface area is 169 Å². The molecule has 2 rings (SSSR count). The summed E-state index contributed by atoms with van der Waals surface area (Å²) < 4.78 is 0. The fourth-order valence-electron chi connectivity index (χ4n) is 2.84. The number of aliphatic hydroxyl groups excluding tert-OH is 1. The van der Waals surface area contributed by atoms with Crippen molar-refractivity contribution in [3.05, 3.63) is 42.1 Å². The van der Waals surface area contributed by atoms with Crippen LogP contribution in [0.3, 0.4) is 0 Å². The van der Waals surface area contributed by atoms with Crippen LogP contribution in [0.4, 0.5) is 5.95 Å². The Morgan fingerprint density at radius 2 is 2.14 bits per heavy atom. The average molecular weight is 401 g/mol. The molecular formula is C20H27N5O4. The monoisotopic (exact) mass is 401 g/mol. The largest absolute Gasteiger partial charge is 0.392 e. The minimum atomic E-state index is -0.561. The number of aromatic nitrogens is 2. The third-order valence-corrected chi connectivity index (χ3v) is 4.41. The topological polar surface area (TPSA) is 128 Å². The van der Waals surface area contributed by atoms with Gasteiger partial charge in [-0.2, -0.15) is 0 Å². The number of nitrogens with one attached hydrogen (secondary N) is 2. The van der Waals surface area contributed by atoms with E-state index >= 15 is 0 Å². The van der Waals surface area contributed by atoms with E-state index in [9.17, 15) is 19.9 Å². The van der Waals surface area contributed by atoms with Crippen LogP contribution in [-0.4, -0.2) is 44.2 Å². The van der Waals surface area contributed by atoms with Crippen molar-refractivity contribution in [2.24, 2.45) is 5.92 Å². The van der Waals surface area contributed by atoms with Gasteiger partial charge in [-0.25, -0.2) is 15.0 Å². The number of benzene rings is 1. The van der Waals surface area contributed by atoms with Crippen molar-refractivity contribution in [3.8, 4) is 11.3 Å². The third kappa shape index (κ3) is 7.13. The second kappa shape index (κ2) is 11.7. The number of anilines is 1. The van der Waals surface area contributed by atoms with Gasteiger partial charge in [-0.3, -0.25) is 25.6 Å². The van der Waals surface area contributed by atoms with E-state index in [1.165, 1.54) is 0 Å². The molecule has 1 aromatic heterocycles. The van der Waals surface area contributed by atoms with Crippen LogP contribution in [0, 0.1) is 5.92 Å². The summed E-state index contributed by atoms with van der Waals surface area (Å²) in [4.78, 5) is 31.6. The fraction of sp³-hybridized carbons (Fsp3) is 0.400. The second-order valence-electron chi connectivity index (χ2n) is 6.66. The second-order valence-corrected chi connectivity index (χ2v) is 6.66. The van der Waals surface area contributed by atoms with Gasteiger partial charge in [-0.15, -0.1) is 0 Å².